The van der Waals surface area contributed by atoms with Gasteiger partial charge in [-0.25, -0.2) is 0 Å². The fraction of sp³-hybridized carbons (Fsp3) is 0.438. The molecule has 102 valence electrons. The van der Waals surface area contributed by atoms with Gasteiger partial charge in [-0.05, 0) is 37.5 Å². The van der Waals surface area contributed by atoms with Gasteiger partial charge in [0.15, 0.2) is 0 Å². The summed E-state index contributed by atoms with van der Waals surface area (Å²) in [6.07, 6.45) is 4.22. The van der Waals surface area contributed by atoms with E-state index in [0.29, 0.717) is 6.04 Å². The highest BCUT2D eigenvalue weighted by atomic mass is 15.3. The lowest BCUT2D eigenvalue weighted by Gasteiger charge is -2.10. The van der Waals surface area contributed by atoms with Gasteiger partial charge in [0.25, 0.3) is 0 Å². The van der Waals surface area contributed by atoms with Crippen molar-refractivity contribution < 1.29 is 0 Å². The molecule has 0 amide bonds. The third kappa shape index (κ3) is 3.37. The van der Waals surface area contributed by atoms with Gasteiger partial charge in [0.05, 0.1) is 12.2 Å². The van der Waals surface area contributed by atoms with Crippen LogP contribution in [0.3, 0.4) is 0 Å². The van der Waals surface area contributed by atoms with E-state index in [1.54, 1.807) is 0 Å². The monoisotopic (exact) mass is 257 g/mol. The number of nitrogens with zero attached hydrogens (tertiary/aromatic N) is 2. The minimum atomic E-state index is 0.469. The Morgan fingerprint density at radius 3 is 2.74 bits per heavy atom. The summed E-state index contributed by atoms with van der Waals surface area (Å²) in [5.41, 5.74) is 3.65. The number of para-hydroxylation sites is 1. The Bertz CT molecular complexity index is 516. The van der Waals surface area contributed by atoms with Gasteiger partial charge in [-0.3, -0.25) is 4.68 Å². The number of anilines is 1. The van der Waals surface area contributed by atoms with Crippen molar-refractivity contribution in [1.29, 1.82) is 0 Å². The maximum atomic E-state index is 4.61. The molecule has 19 heavy (non-hydrogen) atoms. The lowest BCUT2D eigenvalue weighted by molar-refractivity contribution is 0.474. The highest BCUT2D eigenvalue weighted by Gasteiger charge is 2.05. The number of hydrogen-bond acceptors (Lipinski definition) is 2. The second-order valence-corrected chi connectivity index (χ2v) is 4.91. The normalized spacial score (nSPS) is 12.4. The summed E-state index contributed by atoms with van der Waals surface area (Å²) in [4.78, 5) is 0. The van der Waals surface area contributed by atoms with Gasteiger partial charge >= 0.3 is 0 Å². The molecule has 0 aliphatic rings. The van der Waals surface area contributed by atoms with Crippen LogP contribution >= 0.6 is 0 Å². The van der Waals surface area contributed by atoms with Crippen LogP contribution in [0.15, 0.2) is 36.5 Å². The van der Waals surface area contributed by atoms with Gasteiger partial charge in [0.2, 0.25) is 0 Å². The smallest absolute Gasteiger partial charge is 0.0815 e. The second kappa shape index (κ2) is 6.41. The minimum absolute atomic E-state index is 0.469. The first kappa shape index (κ1) is 13.7. The number of aromatic nitrogens is 2. The second-order valence-electron chi connectivity index (χ2n) is 4.91. The molecule has 0 bridgehead atoms. The Morgan fingerprint density at radius 1 is 1.21 bits per heavy atom. The van der Waals surface area contributed by atoms with E-state index >= 15 is 0 Å². The van der Waals surface area contributed by atoms with E-state index < -0.39 is 0 Å². The van der Waals surface area contributed by atoms with Crippen molar-refractivity contribution in [2.75, 3.05) is 5.32 Å². The molecule has 1 aromatic carbocycles. The molecular weight excluding hydrogens is 234 g/mol. The first-order valence-corrected chi connectivity index (χ1v) is 7.10. The molecule has 2 aromatic rings. The van der Waals surface area contributed by atoms with Crippen molar-refractivity contribution in [3.8, 4) is 0 Å². The fourth-order valence-electron chi connectivity index (χ4n) is 2.09. The topological polar surface area (TPSA) is 29.9 Å². The fourth-order valence-corrected chi connectivity index (χ4v) is 2.09. The lowest BCUT2D eigenvalue weighted by atomic mass is 10.1. The van der Waals surface area contributed by atoms with Crippen LogP contribution in [0.25, 0.3) is 0 Å². The number of benzene rings is 1. The molecule has 1 atom stereocenters. The molecule has 0 radical (unpaired) electrons. The van der Waals surface area contributed by atoms with Crippen molar-refractivity contribution in [1.82, 2.24) is 9.78 Å². The predicted octanol–water partition coefficient (Wildman–Crippen LogP) is 4.03. The van der Waals surface area contributed by atoms with Crippen molar-refractivity contribution in [3.05, 3.63) is 47.8 Å². The van der Waals surface area contributed by atoms with Gasteiger partial charge < -0.3 is 5.32 Å². The van der Waals surface area contributed by atoms with E-state index in [0.717, 1.165) is 25.1 Å². The van der Waals surface area contributed by atoms with E-state index in [-0.39, 0.29) is 0 Å². The van der Waals surface area contributed by atoms with E-state index in [1.165, 1.54) is 11.3 Å². The summed E-state index contributed by atoms with van der Waals surface area (Å²) in [7, 11) is 0. The maximum Gasteiger partial charge on any atom is 0.0815 e. The van der Waals surface area contributed by atoms with Crippen molar-refractivity contribution in [2.45, 2.75) is 46.2 Å². The van der Waals surface area contributed by atoms with E-state index in [4.69, 9.17) is 0 Å². The third-order valence-electron chi connectivity index (χ3n) is 3.56. The van der Waals surface area contributed by atoms with Crippen LogP contribution < -0.4 is 5.32 Å². The standard InChI is InChI=1S/C16H23N3/c1-4-13(3)19-11-10-15(18-19)12-17-16-9-7-6-8-14(16)5-2/h6-11,13,17H,4-5,12H2,1-3H3. The zero-order valence-electron chi connectivity index (χ0n) is 12.1. The van der Waals surface area contributed by atoms with Crippen LogP contribution in [-0.4, -0.2) is 9.78 Å². The van der Waals surface area contributed by atoms with E-state index in [2.05, 4.69) is 67.7 Å². The molecule has 2 rings (SSSR count). The van der Waals surface area contributed by atoms with Gasteiger partial charge in [0, 0.05) is 17.9 Å². The Hall–Kier alpha value is -1.77. The van der Waals surface area contributed by atoms with Crippen LogP contribution in [0.5, 0.6) is 0 Å². The summed E-state index contributed by atoms with van der Waals surface area (Å²) in [5.74, 6) is 0. The molecule has 0 aliphatic heterocycles. The summed E-state index contributed by atoms with van der Waals surface area (Å²) in [6, 6.07) is 11.0. The minimum Gasteiger partial charge on any atom is -0.379 e. The molecule has 0 spiro atoms. The zero-order valence-corrected chi connectivity index (χ0v) is 12.1. The molecule has 0 saturated heterocycles. The van der Waals surface area contributed by atoms with Gasteiger partial charge in [-0.15, -0.1) is 0 Å². The van der Waals surface area contributed by atoms with Crippen LogP contribution in [0.2, 0.25) is 0 Å². The number of hydrogen-bond donors (Lipinski definition) is 1. The molecule has 3 nitrogen and oxygen atoms in total. The average molecular weight is 257 g/mol. The van der Waals surface area contributed by atoms with E-state index in [1.807, 2.05) is 4.68 Å². The lowest BCUT2D eigenvalue weighted by Crippen LogP contribution is -2.07. The molecule has 3 heteroatoms. The molecule has 0 aliphatic carbocycles. The quantitative estimate of drug-likeness (QED) is 0.846. The maximum absolute atomic E-state index is 4.61. The zero-order chi connectivity index (χ0) is 13.7. The molecule has 1 heterocycles. The van der Waals surface area contributed by atoms with Crippen LogP contribution in [-0.2, 0) is 13.0 Å². The SMILES string of the molecule is CCc1ccccc1NCc1ccn(C(C)CC)n1. The first-order valence-electron chi connectivity index (χ1n) is 7.10. The average Bonchev–Trinajstić information content (AvgIpc) is 2.93. The molecule has 0 saturated carbocycles. The van der Waals surface area contributed by atoms with E-state index in [9.17, 15) is 0 Å². The molecule has 1 N–H and O–H groups in total. The van der Waals surface area contributed by atoms with Gasteiger partial charge in [-0.2, -0.15) is 5.10 Å². The molecule has 1 aromatic heterocycles. The van der Waals surface area contributed by atoms with Crippen LogP contribution in [0.4, 0.5) is 5.69 Å². The Labute approximate surface area is 115 Å². The van der Waals surface area contributed by atoms with Crippen molar-refractivity contribution in [3.63, 3.8) is 0 Å². The summed E-state index contributed by atoms with van der Waals surface area (Å²) < 4.78 is 2.04. The van der Waals surface area contributed by atoms with Gasteiger partial charge in [-0.1, -0.05) is 32.0 Å². The van der Waals surface area contributed by atoms with Crippen molar-refractivity contribution in [2.24, 2.45) is 0 Å². The Kier molecular flexibility index (Phi) is 4.61. The molecular formula is C16H23N3. The highest BCUT2D eigenvalue weighted by molar-refractivity contribution is 5.51. The molecule has 0 fully saturated rings. The summed E-state index contributed by atoms with van der Waals surface area (Å²) in [5, 5.41) is 8.08. The van der Waals surface area contributed by atoms with Crippen molar-refractivity contribution >= 4 is 5.69 Å². The number of rotatable bonds is 6. The number of aryl methyl sites for hydroxylation is 1. The predicted molar refractivity (Wildman–Crippen MR) is 80.4 cm³/mol. The number of nitrogens with one attached hydrogen (secondary N) is 1. The van der Waals surface area contributed by atoms with Crippen LogP contribution in [0.1, 0.15) is 44.5 Å². The highest BCUT2D eigenvalue weighted by Crippen LogP contribution is 2.16. The third-order valence-corrected chi connectivity index (χ3v) is 3.56. The van der Waals surface area contributed by atoms with Crippen LogP contribution in [0, 0.1) is 0 Å². The molecule has 1 unspecified atom stereocenters. The summed E-state index contributed by atoms with van der Waals surface area (Å²) >= 11 is 0. The first-order chi connectivity index (χ1) is 9.24. The summed E-state index contributed by atoms with van der Waals surface area (Å²) in [6.45, 7) is 7.33. The largest absolute Gasteiger partial charge is 0.379 e. The Morgan fingerprint density at radius 2 is 2.00 bits per heavy atom. The van der Waals surface area contributed by atoms with Gasteiger partial charge in [0.1, 0.15) is 0 Å². The Balaban J connectivity index is 2.00.